The second kappa shape index (κ2) is 6.29. The molecule has 0 saturated heterocycles. The van der Waals surface area contributed by atoms with Gasteiger partial charge in [0.1, 0.15) is 0 Å². The fourth-order valence-electron chi connectivity index (χ4n) is 1.41. The van der Waals surface area contributed by atoms with Gasteiger partial charge >= 0.3 is 17.8 Å². The maximum atomic E-state index is 13.4. The number of nitrogens with zero attached hydrogens (tertiary/aromatic N) is 1. The number of carbonyl (C=O) groups excluding carboxylic acids is 2. The Morgan fingerprint density at radius 2 is 2.05 bits per heavy atom. The predicted molar refractivity (Wildman–Crippen MR) is 69.7 cm³/mol. The number of hydrogen-bond acceptors (Lipinski definition) is 6. The molecule has 0 saturated carbocycles. The van der Waals surface area contributed by atoms with Crippen LogP contribution in [0.15, 0.2) is 6.20 Å². The highest BCUT2D eigenvalue weighted by Gasteiger charge is 2.63. The second-order valence-corrected chi connectivity index (χ2v) is 5.28. The van der Waals surface area contributed by atoms with Crippen LogP contribution < -0.4 is 10.6 Å². The van der Waals surface area contributed by atoms with Crippen LogP contribution in [0.5, 0.6) is 0 Å². The van der Waals surface area contributed by atoms with Crippen LogP contribution in [0.2, 0.25) is 0 Å². The lowest BCUT2D eigenvalue weighted by molar-refractivity contribution is -0.206. The Labute approximate surface area is 122 Å². The van der Waals surface area contributed by atoms with Crippen molar-refractivity contribution in [3.05, 3.63) is 11.1 Å². The monoisotopic (exact) mass is 325 g/mol. The summed E-state index contributed by atoms with van der Waals surface area (Å²) in [6.45, 7) is 3.00. The first kappa shape index (κ1) is 17.2. The molecule has 1 amide bonds. The Morgan fingerprint density at radius 3 is 2.43 bits per heavy atom. The largest absolute Gasteiger partial charge is 0.466 e. The molecule has 1 atom stereocenters. The Morgan fingerprint density at radius 1 is 1.43 bits per heavy atom. The highest BCUT2D eigenvalue weighted by atomic mass is 32.1. The van der Waals surface area contributed by atoms with Gasteiger partial charge in [0, 0.05) is 17.5 Å². The lowest BCUT2D eigenvalue weighted by atomic mass is 10.1. The molecule has 6 nitrogen and oxygen atoms in total. The number of hydrogen-bond donors (Lipinski definition) is 2. The molecule has 0 aromatic carbocycles. The smallest absolute Gasteiger partial charge is 0.442 e. The summed E-state index contributed by atoms with van der Waals surface area (Å²) < 4.78 is 44.4. The minimum absolute atomic E-state index is 0.161. The molecule has 0 spiro atoms. The van der Waals surface area contributed by atoms with Gasteiger partial charge in [-0.25, -0.2) is 9.78 Å². The van der Waals surface area contributed by atoms with E-state index < -0.39 is 23.7 Å². The summed E-state index contributed by atoms with van der Waals surface area (Å²) in [4.78, 5) is 27.5. The van der Waals surface area contributed by atoms with E-state index in [1.165, 1.54) is 13.1 Å². The van der Waals surface area contributed by atoms with E-state index in [0.717, 1.165) is 18.4 Å². The van der Waals surface area contributed by atoms with Gasteiger partial charge in [0.25, 0.3) is 0 Å². The van der Waals surface area contributed by atoms with Crippen LogP contribution in [0.25, 0.3) is 0 Å². The summed E-state index contributed by atoms with van der Waals surface area (Å²) in [5, 5.41) is 3.43. The van der Waals surface area contributed by atoms with Crippen molar-refractivity contribution in [1.29, 1.82) is 0 Å². The lowest BCUT2D eigenvalue weighted by Gasteiger charge is -2.33. The van der Waals surface area contributed by atoms with Crippen LogP contribution in [0.1, 0.15) is 18.2 Å². The number of thiazole rings is 1. The molecular formula is C11H14F3N3O3S. The Hall–Kier alpha value is -1.84. The third kappa shape index (κ3) is 3.63. The Bertz CT molecular complexity index is 532. The van der Waals surface area contributed by atoms with Gasteiger partial charge in [0.2, 0.25) is 5.91 Å². The molecule has 0 radical (unpaired) electrons. The molecule has 10 heteroatoms. The first-order valence-corrected chi connectivity index (χ1v) is 6.64. The number of ether oxygens (including phenoxy) is 1. The van der Waals surface area contributed by atoms with E-state index in [0.29, 0.717) is 4.88 Å². The fraction of sp³-hybridized carbons (Fsp3) is 0.545. The minimum Gasteiger partial charge on any atom is -0.466 e. The zero-order valence-corrected chi connectivity index (χ0v) is 12.3. The number of carbonyl (C=O) groups is 2. The van der Waals surface area contributed by atoms with Gasteiger partial charge in [-0.3, -0.25) is 4.79 Å². The van der Waals surface area contributed by atoms with Crippen molar-refractivity contribution < 1.29 is 27.5 Å². The van der Waals surface area contributed by atoms with Crippen LogP contribution in [0, 0.1) is 6.92 Å². The fourth-order valence-corrected chi connectivity index (χ4v) is 2.13. The Balaban J connectivity index is 3.29. The van der Waals surface area contributed by atoms with E-state index in [1.54, 1.807) is 12.2 Å². The highest BCUT2D eigenvalue weighted by Crippen LogP contribution is 2.34. The summed E-state index contributed by atoms with van der Waals surface area (Å²) in [5.41, 5.74) is -3.38. The first-order chi connectivity index (χ1) is 9.66. The van der Waals surface area contributed by atoms with Crippen LogP contribution in [-0.4, -0.2) is 35.8 Å². The van der Waals surface area contributed by atoms with E-state index in [2.05, 4.69) is 9.72 Å². The van der Waals surface area contributed by atoms with Crippen LogP contribution in [0.4, 0.5) is 18.3 Å². The number of methoxy groups -OCH3 is 1. The number of aryl methyl sites for hydroxylation is 1. The number of anilines is 1. The maximum absolute atomic E-state index is 13.4. The van der Waals surface area contributed by atoms with Crippen LogP contribution in [0.3, 0.4) is 0 Å². The summed E-state index contributed by atoms with van der Waals surface area (Å²) in [6.07, 6.45) is -4.01. The SMILES string of the molecule is CCC(=O)N[C@](Nc1ncc(C)s1)(C(=O)OC)C(F)(F)F. The molecule has 0 bridgehead atoms. The van der Waals surface area contributed by atoms with Crippen molar-refractivity contribution in [2.75, 3.05) is 12.4 Å². The van der Waals surface area contributed by atoms with Crippen LogP contribution >= 0.6 is 11.3 Å². The molecular weight excluding hydrogens is 311 g/mol. The molecule has 21 heavy (non-hydrogen) atoms. The van der Waals surface area contributed by atoms with Gasteiger partial charge in [0.05, 0.1) is 7.11 Å². The molecule has 0 fully saturated rings. The molecule has 0 aliphatic carbocycles. The van der Waals surface area contributed by atoms with Crippen molar-refractivity contribution >= 4 is 28.3 Å². The molecule has 0 aliphatic heterocycles. The number of alkyl halides is 3. The van der Waals surface area contributed by atoms with Crippen molar-refractivity contribution in [2.45, 2.75) is 32.1 Å². The van der Waals surface area contributed by atoms with Gasteiger partial charge in [-0.05, 0) is 6.92 Å². The van der Waals surface area contributed by atoms with Gasteiger partial charge in [0.15, 0.2) is 5.13 Å². The summed E-state index contributed by atoms with van der Waals surface area (Å²) in [6, 6.07) is 0. The molecule has 1 heterocycles. The Kier molecular flexibility index (Phi) is 5.15. The zero-order chi connectivity index (χ0) is 16.3. The van der Waals surface area contributed by atoms with Crippen LogP contribution in [-0.2, 0) is 14.3 Å². The average Bonchev–Trinajstić information content (AvgIpc) is 2.80. The minimum atomic E-state index is -5.12. The van der Waals surface area contributed by atoms with Gasteiger partial charge < -0.3 is 15.4 Å². The molecule has 118 valence electrons. The van der Waals surface area contributed by atoms with Gasteiger partial charge in [-0.1, -0.05) is 6.92 Å². The topological polar surface area (TPSA) is 80.3 Å². The molecule has 0 unspecified atom stereocenters. The lowest BCUT2D eigenvalue weighted by Crippen LogP contribution is -2.69. The third-order valence-electron chi connectivity index (χ3n) is 2.48. The molecule has 1 aromatic heterocycles. The number of aromatic nitrogens is 1. The normalized spacial score (nSPS) is 14.2. The second-order valence-electron chi connectivity index (χ2n) is 4.04. The molecule has 1 rings (SSSR count). The van der Waals surface area contributed by atoms with Crippen molar-refractivity contribution in [3.8, 4) is 0 Å². The maximum Gasteiger partial charge on any atom is 0.442 e. The number of rotatable bonds is 5. The molecule has 2 N–H and O–H groups in total. The summed E-state index contributed by atoms with van der Waals surface area (Å²) >= 11 is 0.912. The number of esters is 1. The zero-order valence-electron chi connectivity index (χ0n) is 11.5. The first-order valence-electron chi connectivity index (χ1n) is 5.83. The van der Waals surface area contributed by atoms with E-state index in [4.69, 9.17) is 0 Å². The van der Waals surface area contributed by atoms with Crippen molar-refractivity contribution in [3.63, 3.8) is 0 Å². The van der Waals surface area contributed by atoms with Crippen molar-refractivity contribution in [2.24, 2.45) is 0 Å². The molecule has 0 aliphatic rings. The highest BCUT2D eigenvalue weighted by molar-refractivity contribution is 7.15. The van der Waals surface area contributed by atoms with E-state index in [9.17, 15) is 22.8 Å². The summed E-state index contributed by atoms with van der Waals surface area (Å²) in [5.74, 6) is -2.64. The average molecular weight is 325 g/mol. The quantitative estimate of drug-likeness (QED) is 0.638. The van der Waals surface area contributed by atoms with E-state index in [-0.39, 0.29) is 11.6 Å². The predicted octanol–water partition coefficient (Wildman–Crippen LogP) is 1.82. The standard InChI is InChI=1S/C11H14F3N3O3S/c1-4-7(18)16-10(8(19)20-3,11(12,13)14)17-9-15-5-6(2)21-9/h5H,4H2,1-3H3,(H,15,17)(H,16,18)/t10-/m0/s1. The van der Waals surface area contributed by atoms with E-state index in [1.807, 2.05) is 5.32 Å². The van der Waals surface area contributed by atoms with E-state index >= 15 is 0 Å². The molecule has 1 aromatic rings. The van der Waals surface area contributed by atoms with Gasteiger partial charge in [-0.15, -0.1) is 11.3 Å². The third-order valence-corrected chi connectivity index (χ3v) is 3.31. The summed E-state index contributed by atoms with van der Waals surface area (Å²) in [7, 11) is 0.801. The van der Waals surface area contributed by atoms with Gasteiger partial charge in [-0.2, -0.15) is 13.2 Å². The number of nitrogens with one attached hydrogen (secondary N) is 2. The number of halogens is 3. The number of amides is 1. The van der Waals surface area contributed by atoms with Crippen molar-refractivity contribution in [1.82, 2.24) is 10.3 Å².